The average molecular weight is 406 g/mol. The van der Waals surface area contributed by atoms with Crippen molar-refractivity contribution in [1.82, 2.24) is 15.2 Å². The van der Waals surface area contributed by atoms with Gasteiger partial charge in [-0.3, -0.25) is 9.59 Å². The van der Waals surface area contributed by atoms with Crippen LogP contribution in [0.3, 0.4) is 0 Å². The van der Waals surface area contributed by atoms with Gasteiger partial charge in [0.1, 0.15) is 11.4 Å². The number of para-hydroxylation sites is 1. The van der Waals surface area contributed by atoms with Crippen molar-refractivity contribution in [3.8, 4) is 0 Å². The van der Waals surface area contributed by atoms with Crippen LogP contribution in [-0.2, 0) is 11.2 Å². The molecule has 5 rings (SSSR count). The third kappa shape index (κ3) is 2.85. The summed E-state index contributed by atoms with van der Waals surface area (Å²) in [6, 6.07) is 15.4. The van der Waals surface area contributed by atoms with Gasteiger partial charge in [0.2, 0.25) is 5.91 Å². The molecule has 6 heteroatoms. The van der Waals surface area contributed by atoms with E-state index >= 15 is 0 Å². The number of fused-ring (bicyclic) bond motifs is 4. The highest BCUT2D eigenvalue weighted by Crippen LogP contribution is 2.56. The Morgan fingerprint density at radius 1 is 1.17 bits per heavy atom. The van der Waals surface area contributed by atoms with Gasteiger partial charge in [0, 0.05) is 34.0 Å². The van der Waals surface area contributed by atoms with E-state index in [1.54, 1.807) is 16.7 Å². The highest BCUT2D eigenvalue weighted by atomic mass is 32.2. The van der Waals surface area contributed by atoms with Crippen molar-refractivity contribution in [1.29, 1.82) is 0 Å². The Balaban J connectivity index is 1.32. The lowest BCUT2D eigenvalue weighted by Crippen LogP contribution is -2.52. The zero-order valence-electron chi connectivity index (χ0n) is 16.4. The van der Waals surface area contributed by atoms with Crippen LogP contribution >= 0.6 is 11.8 Å². The topological polar surface area (TPSA) is 65.2 Å². The normalized spacial score (nSPS) is 22.0. The van der Waals surface area contributed by atoms with Crippen LogP contribution in [0.25, 0.3) is 10.9 Å². The van der Waals surface area contributed by atoms with Gasteiger partial charge in [-0.2, -0.15) is 0 Å². The van der Waals surface area contributed by atoms with E-state index in [1.165, 1.54) is 10.9 Å². The SMILES string of the molecule is CC1(C)SC2c3ccccc3C(=O)N2C1C(=O)NCCc1c[nH]c2ccccc12. The molecule has 2 aliphatic rings. The lowest BCUT2D eigenvalue weighted by Gasteiger charge is -2.29. The van der Waals surface area contributed by atoms with E-state index in [2.05, 4.69) is 30.2 Å². The molecule has 0 bridgehead atoms. The van der Waals surface area contributed by atoms with E-state index in [1.807, 2.05) is 48.7 Å². The Kier molecular flexibility index (Phi) is 4.21. The summed E-state index contributed by atoms with van der Waals surface area (Å²) < 4.78 is -0.348. The maximum atomic E-state index is 13.2. The molecule has 2 amide bonds. The number of rotatable bonds is 4. The number of thioether (sulfide) groups is 1. The van der Waals surface area contributed by atoms with Gasteiger partial charge in [-0.1, -0.05) is 36.4 Å². The van der Waals surface area contributed by atoms with Crippen LogP contribution in [0.4, 0.5) is 0 Å². The van der Waals surface area contributed by atoms with Gasteiger partial charge in [-0.25, -0.2) is 0 Å². The van der Waals surface area contributed by atoms with Gasteiger partial charge in [-0.05, 0) is 43.5 Å². The molecule has 3 aromatic rings. The number of H-pyrrole nitrogens is 1. The van der Waals surface area contributed by atoms with Gasteiger partial charge in [0.25, 0.3) is 5.91 Å². The molecule has 2 N–H and O–H groups in total. The minimum absolute atomic E-state index is 0.0412. The number of benzene rings is 2. The van der Waals surface area contributed by atoms with Gasteiger partial charge < -0.3 is 15.2 Å². The lowest BCUT2D eigenvalue weighted by molar-refractivity contribution is -0.126. The number of carbonyl (C=O) groups is 2. The third-order valence-corrected chi connectivity index (χ3v) is 7.45. The highest BCUT2D eigenvalue weighted by Gasteiger charge is 2.57. The quantitative estimate of drug-likeness (QED) is 0.692. The monoisotopic (exact) mass is 405 g/mol. The summed E-state index contributed by atoms with van der Waals surface area (Å²) in [6.07, 6.45) is 2.75. The zero-order chi connectivity index (χ0) is 20.2. The first-order chi connectivity index (χ1) is 14.0. The first kappa shape index (κ1) is 18.3. The van der Waals surface area contributed by atoms with Crippen LogP contribution in [0.1, 0.15) is 40.7 Å². The Labute approximate surface area is 173 Å². The summed E-state index contributed by atoms with van der Waals surface area (Å²) in [7, 11) is 0. The molecule has 2 aromatic carbocycles. The molecule has 2 atom stereocenters. The standard InChI is InChI=1S/C23H23N3O2S/c1-23(2)19(26-21(28)16-8-3-4-9-17(16)22(26)29-23)20(27)24-12-11-14-13-25-18-10-6-5-7-15(14)18/h3-10,13,19,22,25H,11-12H2,1-2H3,(H,24,27). The molecule has 2 unspecified atom stereocenters. The Morgan fingerprint density at radius 3 is 2.79 bits per heavy atom. The molecular weight excluding hydrogens is 382 g/mol. The maximum absolute atomic E-state index is 13.2. The van der Waals surface area contributed by atoms with Crippen molar-refractivity contribution in [2.45, 2.75) is 36.4 Å². The summed E-state index contributed by atoms with van der Waals surface area (Å²) in [5.41, 5.74) is 4.02. The molecule has 3 heterocycles. The largest absolute Gasteiger partial charge is 0.361 e. The van der Waals surface area contributed by atoms with Gasteiger partial charge in [-0.15, -0.1) is 11.8 Å². The number of hydrogen-bond acceptors (Lipinski definition) is 3. The number of amides is 2. The summed E-state index contributed by atoms with van der Waals surface area (Å²) in [4.78, 5) is 31.2. The summed E-state index contributed by atoms with van der Waals surface area (Å²) in [5, 5.41) is 4.18. The van der Waals surface area contributed by atoms with Crippen LogP contribution < -0.4 is 5.32 Å². The Bertz CT molecular complexity index is 1120. The number of carbonyl (C=O) groups excluding carboxylic acids is 2. The summed E-state index contributed by atoms with van der Waals surface area (Å²) in [5.74, 6) is -0.119. The Morgan fingerprint density at radius 2 is 1.93 bits per heavy atom. The molecular formula is C23H23N3O2S. The number of aromatic amines is 1. The van der Waals surface area contributed by atoms with E-state index in [9.17, 15) is 9.59 Å². The van der Waals surface area contributed by atoms with Crippen molar-refractivity contribution in [3.63, 3.8) is 0 Å². The second-order valence-electron chi connectivity index (χ2n) is 8.18. The van der Waals surface area contributed by atoms with Crippen molar-refractivity contribution in [3.05, 3.63) is 71.4 Å². The molecule has 148 valence electrons. The van der Waals surface area contributed by atoms with E-state index in [0.29, 0.717) is 6.54 Å². The molecule has 5 nitrogen and oxygen atoms in total. The number of aromatic nitrogens is 1. The van der Waals surface area contributed by atoms with Crippen molar-refractivity contribution >= 4 is 34.5 Å². The van der Waals surface area contributed by atoms with Crippen molar-refractivity contribution in [2.75, 3.05) is 6.54 Å². The Hall–Kier alpha value is -2.73. The molecule has 0 spiro atoms. The maximum Gasteiger partial charge on any atom is 0.256 e. The molecule has 0 radical (unpaired) electrons. The predicted molar refractivity (Wildman–Crippen MR) is 116 cm³/mol. The van der Waals surface area contributed by atoms with Gasteiger partial charge in [0.15, 0.2) is 0 Å². The minimum Gasteiger partial charge on any atom is -0.361 e. The lowest BCUT2D eigenvalue weighted by atomic mass is 10.0. The second kappa shape index (κ2) is 6.66. The summed E-state index contributed by atoms with van der Waals surface area (Å²) >= 11 is 1.69. The number of nitrogens with one attached hydrogen (secondary N) is 2. The average Bonchev–Trinajstić information content (AvgIpc) is 3.32. The van der Waals surface area contributed by atoms with E-state index < -0.39 is 6.04 Å². The van der Waals surface area contributed by atoms with E-state index in [0.717, 1.165) is 23.1 Å². The molecule has 1 aromatic heterocycles. The van der Waals surface area contributed by atoms with Gasteiger partial charge in [0.05, 0.1) is 0 Å². The number of nitrogens with zero attached hydrogens (tertiary/aromatic N) is 1. The second-order valence-corrected chi connectivity index (χ2v) is 9.91. The zero-order valence-corrected chi connectivity index (χ0v) is 17.3. The molecule has 29 heavy (non-hydrogen) atoms. The van der Waals surface area contributed by atoms with Crippen molar-refractivity contribution < 1.29 is 9.59 Å². The molecule has 1 fully saturated rings. The van der Waals surface area contributed by atoms with Crippen LogP contribution in [0.15, 0.2) is 54.7 Å². The smallest absolute Gasteiger partial charge is 0.256 e. The van der Waals surface area contributed by atoms with Gasteiger partial charge >= 0.3 is 0 Å². The van der Waals surface area contributed by atoms with Crippen LogP contribution in [0, 0.1) is 0 Å². The molecule has 0 saturated carbocycles. The van der Waals surface area contributed by atoms with Crippen LogP contribution in [0.2, 0.25) is 0 Å². The molecule has 2 aliphatic heterocycles. The minimum atomic E-state index is -0.486. The molecule has 1 saturated heterocycles. The third-order valence-electron chi connectivity index (χ3n) is 5.91. The molecule has 0 aliphatic carbocycles. The fourth-order valence-corrected chi connectivity index (χ4v) is 6.15. The first-order valence-corrected chi connectivity index (χ1v) is 10.8. The highest BCUT2D eigenvalue weighted by molar-refractivity contribution is 8.01. The van der Waals surface area contributed by atoms with E-state index in [4.69, 9.17) is 0 Å². The fourth-order valence-electron chi connectivity index (χ4n) is 4.56. The van der Waals surface area contributed by atoms with Crippen molar-refractivity contribution in [2.24, 2.45) is 0 Å². The van der Waals surface area contributed by atoms with Crippen LogP contribution in [0.5, 0.6) is 0 Å². The fraction of sp³-hybridized carbons (Fsp3) is 0.304. The summed E-state index contributed by atoms with van der Waals surface area (Å²) in [6.45, 7) is 4.64. The predicted octanol–water partition coefficient (Wildman–Crippen LogP) is 3.88. The van der Waals surface area contributed by atoms with Crippen LogP contribution in [-0.4, -0.2) is 39.0 Å². The first-order valence-electron chi connectivity index (χ1n) is 9.89. The number of hydrogen-bond donors (Lipinski definition) is 2. The van der Waals surface area contributed by atoms with E-state index in [-0.39, 0.29) is 21.9 Å².